The SMILES string of the molecule is O=C(c1ccc2c(c1)CCNC2)N1CCN(S(=O)(=O)c2ccc3cc(Cl)ccc3c2)CC1. The molecule has 2 aliphatic rings. The van der Waals surface area contributed by atoms with Gasteiger partial charge in [-0.3, -0.25) is 4.79 Å². The van der Waals surface area contributed by atoms with E-state index in [1.165, 1.54) is 15.4 Å². The van der Waals surface area contributed by atoms with Crippen molar-refractivity contribution in [3.63, 3.8) is 0 Å². The summed E-state index contributed by atoms with van der Waals surface area (Å²) in [6.45, 7) is 3.06. The topological polar surface area (TPSA) is 69.7 Å². The average molecular weight is 470 g/mol. The fourth-order valence-electron chi connectivity index (χ4n) is 4.43. The molecule has 0 unspecified atom stereocenters. The summed E-state index contributed by atoms with van der Waals surface area (Å²) in [5.41, 5.74) is 3.13. The van der Waals surface area contributed by atoms with Crippen molar-refractivity contribution in [2.24, 2.45) is 0 Å². The first kappa shape index (κ1) is 21.4. The second-order valence-electron chi connectivity index (χ2n) is 8.26. The summed E-state index contributed by atoms with van der Waals surface area (Å²) < 4.78 is 27.9. The molecule has 0 radical (unpaired) electrons. The van der Waals surface area contributed by atoms with Crippen LogP contribution in [0.5, 0.6) is 0 Å². The number of carbonyl (C=O) groups is 1. The van der Waals surface area contributed by atoms with Gasteiger partial charge in [-0.1, -0.05) is 29.8 Å². The van der Waals surface area contributed by atoms with Gasteiger partial charge >= 0.3 is 0 Å². The molecule has 0 aromatic heterocycles. The second-order valence-corrected chi connectivity index (χ2v) is 10.6. The Hall–Kier alpha value is -2.45. The van der Waals surface area contributed by atoms with Crippen LogP contribution < -0.4 is 5.32 Å². The van der Waals surface area contributed by atoms with E-state index < -0.39 is 10.0 Å². The number of sulfonamides is 1. The molecule has 2 aliphatic heterocycles. The standard InChI is InChI=1S/C24H24ClN3O3S/c25-22-5-3-18-15-23(6-4-17(18)14-22)32(30,31)28-11-9-27(10-12-28)24(29)20-1-2-21-16-26-8-7-19(21)13-20/h1-6,13-15,26H,7-12,16H2. The number of hydrogen-bond donors (Lipinski definition) is 1. The van der Waals surface area contributed by atoms with Crippen LogP contribution in [-0.2, 0) is 23.0 Å². The molecule has 0 saturated carbocycles. The van der Waals surface area contributed by atoms with Gasteiger partial charge in [-0.2, -0.15) is 4.31 Å². The Morgan fingerprint density at radius 1 is 0.875 bits per heavy atom. The first-order chi connectivity index (χ1) is 15.4. The molecule has 0 spiro atoms. The van der Waals surface area contributed by atoms with Gasteiger partial charge in [-0.15, -0.1) is 0 Å². The number of hydrogen-bond acceptors (Lipinski definition) is 4. The summed E-state index contributed by atoms with van der Waals surface area (Å²) in [5.74, 6) is -0.0361. The molecule has 2 heterocycles. The van der Waals surface area contributed by atoms with E-state index >= 15 is 0 Å². The van der Waals surface area contributed by atoms with E-state index in [4.69, 9.17) is 11.6 Å². The molecule has 32 heavy (non-hydrogen) atoms. The van der Waals surface area contributed by atoms with Crippen LogP contribution in [0, 0.1) is 0 Å². The van der Waals surface area contributed by atoms with E-state index in [9.17, 15) is 13.2 Å². The minimum atomic E-state index is -3.63. The highest BCUT2D eigenvalue weighted by atomic mass is 35.5. The largest absolute Gasteiger partial charge is 0.336 e. The van der Waals surface area contributed by atoms with Crippen LogP contribution in [-0.4, -0.2) is 56.3 Å². The van der Waals surface area contributed by atoms with Crippen molar-refractivity contribution in [3.8, 4) is 0 Å². The Morgan fingerprint density at radius 3 is 2.44 bits per heavy atom. The van der Waals surface area contributed by atoms with E-state index in [2.05, 4.69) is 5.32 Å². The third-order valence-electron chi connectivity index (χ3n) is 6.28. The van der Waals surface area contributed by atoms with Crippen LogP contribution in [0.15, 0.2) is 59.5 Å². The van der Waals surface area contributed by atoms with E-state index in [1.54, 1.807) is 29.2 Å². The lowest BCUT2D eigenvalue weighted by Gasteiger charge is -2.34. The number of amides is 1. The minimum absolute atomic E-state index is 0.0361. The molecule has 0 aliphatic carbocycles. The molecule has 1 amide bonds. The molecule has 6 nitrogen and oxygen atoms in total. The Labute approximate surface area is 192 Å². The van der Waals surface area contributed by atoms with Crippen molar-refractivity contribution in [1.82, 2.24) is 14.5 Å². The second kappa shape index (κ2) is 8.48. The number of rotatable bonds is 3. The first-order valence-corrected chi connectivity index (χ1v) is 12.5. The van der Waals surface area contributed by atoms with Crippen LogP contribution >= 0.6 is 11.6 Å². The molecule has 166 valence electrons. The summed E-state index contributed by atoms with van der Waals surface area (Å²) in [6, 6.07) is 16.3. The highest BCUT2D eigenvalue weighted by Gasteiger charge is 2.30. The van der Waals surface area contributed by atoms with Crippen molar-refractivity contribution in [2.75, 3.05) is 32.7 Å². The van der Waals surface area contributed by atoms with Gasteiger partial charge < -0.3 is 10.2 Å². The zero-order valence-electron chi connectivity index (χ0n) is 17.6. The number of halogens is 1. The minimum Gasteiger partial charge on any atom is -0.336 e. The Morgan fingerprint density at radius 2 is 1.62 bits per heavy atom. The fraction of sp³-hybridized carbons (Fsp3) is 0.292. The van der Waals surface area contributed by atoms with Gasteiger partial charge in [0.05, 0.1) is 4.90 Å². The maximum absolute atomic E-state index is 13.2. The molecule has 1 saturated heterocycles. The monoisotopic (exact) mass is 469 g/mol. The van der Waals surface area contributed by atoms with E-state index in [0.717, 1.165) is 30.3 Å². The van der Waals surface area contributed by atoms with Gasteiger partial charge in [0.15, 0.2) is 0 Å². The number of benzene rings is 3. The van der Waals surface area contributed by atoms with Gasteiger partial charge in [-0.05, 0) is 71.3 Å². The zero-order valence-corrected chi connectivity index (χ0v) is 19.1. The van der Waals surface area contributed by atoms with Gasteiger partial charge in [-0.25, -0.2) is 8.42 Å². The van der Waals surface area contributed by atoms with E-state index in [1.807, 2.05) is 30.3 Å². The first-order valence-electron chi connectivity index (χ1n) is 10.7. The Bertz CT molecular complexity index is 1300. The quantitative estimate of drug-likeness (QED) is 0.639. The van der Waals surface area contributed by atoms with Crippen molar-refractivity contribution in [1.29, 1.82) is 0 Å². The van der Waals surface area contributed by atoms with Crippen molar-refractivity contribution in [2.45, 2.75) is 17.9 Å². The maximum Gasteiger partial charge on any atom is 0.253 e. The molecular weight excluding hydrogens is 446 g/mol. The maximum atomic E-state index is 13.2. The predicted octanol–water partition coefficient (Wildman–Crippen LogP) is 3.29. The summed E-state index contributed by atoms with van der Waals surface area (Å²) >= 11 is 6.03. The number of nitrogens with zero attached hydrogens (tertiary/aromatic N) is 2. The van der Waals surface area contributed by atoms with Gasteiger partial charge in [0, 0.05) is 43.3 Å². The third kappa shape index (κ3) is 4.01. The molecule has 1 N–H and O–H groups in total. The fourth-order valence-corrected chi connectivity index (χ4v) is 6.07. The van der Waals surface area contributed by atoms with Crippen molar-refractivity contribution >= 4 is 38.3 Å². The molecule has 3 aromatic carbocycles. The number of fused-ring (bicyclic) bond motifs is 2. The number of piperazine rings is 1. The van der Waals surface area contributed by atoms with Crippen molar-refractivity contribution < 1.29 is 13.2 Å². The zero-order chi connectivity index (χ0) is 22.3. The lowest BCUT2D eigenvalue weighted by Crippen LogP contribution is -2.50. The van der Waals surface area contributed by atoms with Crippen molar-refractivity contribution in [3.05, 3.63) is 76.3 Å². The van der Waals surface area contributed by atoms with Crippen LogP contribution in [0.1, 0.15) is 21.5 Å². The third-order valence-corrected chi connectivity index (χ3v) is 8.41. The smallest absolute Gasteiger partial charge is 0.253 e. The molecule has 5 rings (SSSR count). The van der Waals surface area contributed by atoms with Crippen LogP contribution in [0.3, 0.4) is 0 Å². The predicted molar refractivity (Wildman–Crippen MR) is 125 cm³/mol. The van der Waals surface area contributed by atoms with E-state index in [0.29, 0.717) is 23.7 Å². The normalized spacial score (nSPS) is 17.3. The number of nitrogens with one attached hydrogen (secondary N) is 1. The highest BCUT2D eigenvalue weighted by Crippen LogP contribution is 2.25. The Kier molecular flexibility index (Phi) is 5.67. The van der Waals surface area contributed by atoms with Gasteiger partial charge in [0.2, 0.25) is 10.0 Å². The molecule has 0 atom stereocenters. The summed E-state index contributed by atoms with van der Waals surface area (Å²) in [4.78, 5) is 15.0. The van der Waals surface area contributed by atoms with Crippen LogP contribution in [0.2, 0.25) is 5.02 Å². The average Bonchev–Trinajstić information content (AvgIpc) is 2.83. The summed E-state index contributed by atoms with van der Waals surface area (Å²) in [6.07, 6.45) is 0.917. The summed E-state index contributed by atoms with van der Waals surface area (Å²) in [7, 11) is -3.63. The van der Waals surface area contributed by atoms with Crippen LogP contribution in [0.25, 0.3) is 10.8 Å². The van der Waals surface area contributed by atoms with Gasteiger partial charge in [0.25, 0.3) is 5.91 Å². The molecule has 0 bridgehead atoms. The molecule has 1 fully saturated rings. The lowest BCUT2D eigenvalue weighted by molar-refractivity contribution is 0.0697. The van der Waals surface area contributed by atoms with Crippen LogP contribution in [0.4, 0.5) is 0 Å². The van der Waals surface area contributed by atoms with E-state index in [-0.39, 0.29) is 23.9 Å². The van der Waals surface area contributed by atoms with Gasteiger partial charge in [0.1, 0.15) is 0 Å². The molecule has 3 aromatic rings. The number of carbonyl (C=O) groups excluding carboxylic acids is 1. The molecule has 8 heteroatoms. The Balaban J connectivity index is 1.29. The molecular formula is C24H24ClN3O3S. The lowest BCUT2D eigenvalue weighted by atomic mass is 9.98. The summed E-state index contributed by atoms with van der Waals surface area (Å²) in [5, 5.41) is 5.67. The highest BCUT2D eigenvalue weighted by molar-refractivity contribution is 7.89.